The van der Waals surface area contributed by atoms with Crippen LogP contribution in [0.2, 0.25) is 0 Å². The summed E-state index contributed by atoms with van der Waals surface area (Å²) in [5.41, 5.74) is 1.80. The molecule has 1 aliphatic rings. The Labute approximate surface area is 143 Å². The van der Waals surface area contributed by atoms with Crippen LogP contribution >= 0.6 is 0 Å². The minimum absolute atomic E-state index is 0.0481. The molecule has 1 aromatic rings. The maximum Gasteiger partial charge on any atom is 0.326 e. The monoisotopic (exact) mass is 328 g/mol. The predicted molar refractivity (Wildman–Crippen MR) is 91.2 cm³/mol. The molecule has 24 heavy (non-hydrogen) atoms. The zero-order chi connectivity index (χ0) is 17.5. The number of anilines is 1. The van der Waals surface area contributed by atoms with E-state index in [1.807, 2.05) is 31.2 Å². The summed E-state index contributed by atoms with van der Waals surface area (Å²) in [6, 6.07) is 9.84. The normalized spacial score (nSPS) is 20.0. The van der Waals surface area contributed by atoms with Crippen molar-refractivity contribution in [3.05, 3.63) is 29.8 Å². The highest BCUT2D eigenvalue weighted by Gasteiger charge is 2.31. The van der Waals surface area contributed by atoms with Gasteiger partial charge in [-0.3, -0.25) is 9.59 Å². The molecule has 1 amide bonds. The van der Waals surface area contributed by atoms with Crippen molar-refractivity contribution in [1.82, 2.24) is 0 Å². The fourth-order valence-corrected chi connectivity index (χ4v) is 3.05. The Morgan fingerprint density at radius 3 is 2.38 bits per heavy atom. The smallest absolute Gasteiger partial charge is 0.326 e. The highest BCUT2D eigenvalue weighted by Crippen LogP contribution is 2.31. The Hall–Kier alpha value is -2.35. The molecule has 0 atom stereocenters. The third kappa shape index (κ3) is 4.58. The largest absolute Gasteiger partial charge is 0.465 e. The molecule has 2 rings (SSSR count). The molecule has 1 aromatic carbocycles. The summed E-state index contributed by atoms with van der Waals surface area (Å²) in [6.45, 7) is 3.94. The number of carbonyl (C=O) groups excluding carboxylic acids is 2. The topological polar surface area (TPSA) is 70.4 Å². The Morgan fingerprint density at radius 2 is 1.83 bits per heavy atom. The Kier molecular flexibility index (Phi) is 6.36. The van der Waals surface area contributed by atoms with E-state index < -0.39 is 5.97 Å². The van der Waals surface area contributed by atoms with Crippen LogP contribution in [0.3, 0.4) is 0 Å². The van der Waals surface area contributed by atoms with Gasteiger partial charge in [-0.05, 0) is 51.7 Å². The molecule has 0 aromatic heterocycles. The number of carbonyl (C=O) groups is 2. The summed E-state index contributed by atoms with van der Waals surface area (Å²) >= 11 is 0. The number of amides is 1. The van der Waals surface area contributed by atoms with Crippen molar-refractivity contribution >= 4 is 17.6 Å². The molecular weight excluding hydrogens is 304 g/mol. The van der Waals surface area contributed by atoms with Gasteiger partial charge in [0.25, 0.3) is 0 Å². The highest BCUT2D eigenvalue weighted by molar-refractivity contribution is 5.99. The van der Waals surface area contributed by atoms with E-state index in [4.69, 9.17) is 10.00 Å². The van der Waals surface area contributed by atoms with Crippen LogP contribution in [0.5, 0.6) is 0 Å². The van der Waals surface area contributed by atoms with Crippen LogP contribution in [-0.4, -0.2) is 25.0 Å². The van der Waals surface area contributed by atoms with E-state index in [0.29, 0.717) is 25.1 Å². The second-order valence-electron chi connectivity index (χ2n) is 6.24. The van der Waals surface area contributed by atoms with Crippen molar-refractivity contribution in [2.45, 2.75) is 39.5 Å². The van der Waals surface area contributed by atoms with Crippen LogP contribution in [0.4, 0.5) is 5.69 Å². The van der Waals surface area contributed by atoms with Gasteiger partial charge in [0, 0.05) is 17.5 Å². The second kappa shape index (κ2) is 8.49. The number of nitrogens with zero attached hydrogens (tertiary/aromatic N) is 2. The van der Waals surface area contributed by atoms with Gasteiger partial charge in [-0.15, -0.1) is 0 Å². The molecule has 1 aliphatic carbocycles. The zero-order valence-corrected chi connectivity index (χ0v) is 14.3. The van der Waals surface area contributed by atoms with Gasteiger partial charge < -0.3 is 9.64 Å². The van der Waals surface area contributed by atoms with Crippen molar-refractivity contribution in [3.8, 4) is 6.07 Å². The maximum atomic E-state index is 13.0. The van der Waals surface area contributed by atoms with Crippen molar-refractivity contribution in [2.75, 3.05) is 18.1 Å². The average molecular weight is 328 g/mol. The third-order valence-corrected chi connectivity index (χ3v) is 4.46. The lowest BCUT2D eigenvalue weighted by atomic mass is 9.82. The molecular formula is C19H24N2O3. The van der Waals surface area contributed by atoms with Crippen LogP contribution in [0.25, 0.3) is 0 Å². The Bertz CT molecular complexity index is 610. The van der Waals surface area contributed by atoms with Gasteiger partial charge in [0.15, 0.2) is 0 Å². The molecule has 0 aliphatic heterocycles. The molecule has 0 saturated heterocycles. The molecule has 128 valence electrons. The quantitative estimate of drug-likeness (QED) is 0.778. The number of hydrogen-bond acceptors (Lipinski definition) is 4. The average Bonchev–Trinajstić information content (AvgIpc) is 2.60. The van der Waals surface area contributed by atoms with E-state index in [1.165, 1.54) is 4.90 Å². The van der Waals surface area contributed by atoms with Crippen LogP contribution in [0.15, 0.2) is 24.3 Å². The van der Waals surface area contributed by atoms with Crippen LogP contribution in [0.1, 0.15) is 38.2 Å². The highest BCUT2D eigenvalue weighted by atomic mass is 16.5. The van der Waals surface area contributed by atoms with Gasteiger partial charge in [0.2, 0.25) is 5.91 Å². The van der Waals surface area contributed by atoms with Gasteiger partial charge >= 0.3 is 5.97 Å². The second-order valence-corrected chi connectivity index (χ2v) is 6.24. The fraction of sp³-hybridized carbons (Fsp3) is 0.526. The first-order valence-electron chi connectivity index (χ1n) is 8.48. The van der Waals surface area contributed by atoms with E-state index in [9.17, 15) is 9.59 Å². The van der Waals surface area contributed by atoms with Crippen LogP contribution in [-0.2, 0) is 14.3 Å². The molecule has 0 radical (unpaired) electrons. The standard InChI is InChI=1S/C19H24N2O3/c1-3-24-18(22)13-21(17-10-4-14(2)5-11-17)19(23)16-8-6-15(12-20)7-9-16/h4-5,10-11,15-16H,3,6-9,13H2,1-2H3/t15-,16-. The van der Waals surface area contributed by atoms with Crippen LogP contribution < -0.4 is 4.90 Å². The maximum absolute atomic E-state index is 13.0. The molecule has 5 heteroatoms. The summed E-state index contributed by atoms with van der Waals surface area (Å²) in [7, 11) is 0. The third-order valence-electron chi connectivity index (χ3n) is 4.46. The number of esters is 1. The molecule has 0 N–H and O–H groups in total. The van der Waals surface area contributed by atoms with Crippen molar-refractivity contribution < 1.29 is 14.3 Å². The van der Waals surface area contributed by atoms with Gasteiger partial charge in [0.1, 0.15) is 6.54 Å². The predicted octanol–water partition coefficient (Wildman–Crippen LogP) is 3.22. The van der Waals surface area contributed by atoms with Crippen LogP contribution in [0, 0.1) is 30.1 Å². The molecule has 0 unspecified atom stereocenters. The summed E-state index contributed by atoms with van der Waals surface area (Å²) in [4.78, 5) is 26.4. The Balaban J connectivity index is 2.15. The zero-order valence-electron chi connectivity index (χ0n) is 14.3. The van der Waals surface area contributed by atoms with E-state index >= 15 is 0 Å². The minimum Gasteiger partial charge on any atom is -0.465 e. The number of ether oxygens (including phenoxy) is 1. The van der Waals surface area contributed by atoms with Crippen molar-refractivity contribution in [2.24, 2.45) is 11.8 Å². The minimum atomic E-state index is -0.405. The van der Waals surface area contributed by atoms with E-state index in [0.717, 1.165) is 18.4 Å². The molecule has 0 heterocycles. The molecule has 5 nitrogen and oxygen atoms in total. The van der Waals surface area contributed by atoms with Gasteiger partial charge in [-0.1, -0.05) is 17.7 Å². The summed E-state index contributed by atoms with van der Waals surface area (Å²) < 4.78 is 5.01. The summed E-state index contributed by atoms with van der Waals surface area (Å²) in [5, 5.41) is 9.00. The van der Waals surface area contributed by atoms with Gasteiger partial charge in [0.05, 0.1) is 12.7 Å². The van der Waals surface area contributed by atoms with Crippen molar-refractivity contribution in [3.63, 3.8) is 0 Å². The lowest BCUT2D eigenvalue weighted by molar-refractivity contribution is -0.142. The van der Waals surface area contributed by atoms with E-state index in [1.54, 1.807) is 6.92 Å². The first kappa shape index (κ1) is 18.0. The number of benzene rings is 1. The first-order chi connectivity index (χ1) is 11.5. The SMILES string of the molecule is CCOC(=O)CN(c1ccc(C)cc1)C(=O)[C@H]1CC[C@H](C#N)CC1. The molecule has 1 saturated carbocycles. The molecule has 0 bridgehead atoms. The number of hydrogen-bond donors (Lipinski definition) is 0. The lowest BCUT2D eigenvalue weighted by Gasteiger charge is -2.30. The number of rotatable bonds is 5. The Morgan fingerprint density at radius 1 is 1.21 bits per heavy atom. The number of aryl methyl sites for hydroxylation is 1. The summed E-state index contributed by atoms with van der Waals surface area (Å²) in [6.07, 6.45) is 2.88. The number of nitriles is 1. The van der Waals surface area contributed by atoms with Gasteiger partial charge in [-0.25, -0.2) is 0 Å². The lowest BCUT2D eigenvalue weighted by Crippen LogP contribution is -2.41. The summed E-state index contributed by atoms with van der Waals surface area (Å²) in [5.74, 6) is -0.544. The van der Waals surface area contributed by atoms with E-state index in [-0.39, 0.29) is 24.3 Å². The molecule has 1 fully saturated rings. The first-order valence-corrected chi connectivity index (χ1v) is 8.48. The fourth-order valence-electron chi connectivity index (χ4n) is 3.05. The van der Waals surface area contributed by atoms with Gasteiger partial charge in [-0.2, -0.15) is 5.26 Å². The van der Waals surface area contributed by atoms with Crippen molar-refractivity contribution in [1.29, 1.82) is 5.26 Å². The molecule has 0 spiro atoms. The van der Waals surface area contributed by atoms with E-state index in [2.05, 4.69) is 6.07 Å².